The van der Waals surface area contributed by atoms with Crippen molar-refractivity contribution in [3.8, 4) is 11.5 Å². The van der Waals surface area contributed by atoms with Crippen molar-refractivity contribution in [3.05, 3.63) is 87.7 Å². The van der Waals surface area contributed by atoms with Gasteiger partial charge in [0.2, 0.25) is 0 Å². The zero-order valence-electron chi connectivity index (χ0n) is 18.3. The molecular weight excluding hydrogens is 424 g/mol. The van der Waals surface area contributed by atoms with E-state index in [9.17, 15) is 9.59 Å². The maximum atomic E-state index is 12.9. The van der Waals surface area contributed by atoms with E-state index in [0.29, 0.717) is 11.3 Å². The summed E-state index contributed by atoms with van der Waals surface area (Å²) in [5.41, 5.74) is 1.64. The van der Waals surface area contributed by atoms with E-state index in [1.54, 1.807) is 49.6 Å². The Morgan fingerprint density at radius 3 is 2.47 bits per heavy atom. The Bertz CT molecular complexity index is 1080. The van der Waals surface area contributed by atoms with E-state index in [1.807, 2.05) is 43.5 Å². The topological polar surface area (TPSA) is 76.7 Å². The number of carbonyl (C=O) groups excluding carboxylic acids is 2. The van der Waals surface area contributed by atoms with Crippen molar-refractivity contribution >= 4 is 29.2 Å². The Kier molecular flexibility index (Phi) is 8.05. The van der Waals surface area contributed by atoms with Crippen molar-refractivity contribution < 1.29 is 19.1 Å². The van der Waals surface area contributed by atoms with Gasteiger partial charge in [-0.05, 0) is 67.8 Å². The molecule has 1 heterocycles. The molecule has 0 saturated carbocycles. The van der Waals surface area contributed by atoms with Crippen molar-refractivity contribution in [3.63, 3.8) is 0 Å². The van der Waals surface area contributed by atoms with Crippen molar-refractivity contribution in [2.75, 3.05) is 13.7 Å². The number of hydrogen-bond donors (Lipinski definition) is 2. The SMILES string of the molecule is COc1ccc(OCC(C)NC(=O)/C(=C/c2cccs2)NC(=O)c2cccc(C)c2)cc1. The zero-order chi connectivity index (χ0) is 22.9. The summed E-state index contributed by atoms with van der Waals surface area (Å²) < 4.78 is 10.9. The lowest BCUT2D eigenvalue weighted by atomic mass is 10.1. The van der Waals surface area contributed by atoms with Gasteiger partial charge < -0.3 is 20.1 Å². The molecule has 0 saturated heterocycles. The quantitative estimate of drug-likeness (QED) is 0.473. The Hall–Kier alpha value is -3.58. The van der Waals surface area contributed by atoms with E-state index < -0.39 is 0 Å². The lowest BCUT2D eigenvalue weighted by Gasteiger charge is -2.17. The van der Waals surface area contributed by atoms with Crippen LogP contribution >= 0.6 is 11.3 Å². The summed E-state index contributed by atoms with van der Waals surface area (Å²) in [5, 5.41) is 7.55. The summed E-state index contributed by atoms with van der Waals surface area (Å²) >= 11 is 1.48. The fourth-order valence-electron chi connectivity index (χ4n) is 2.89. The summed E-state index contributed by atoms with van der Waals surface area (Å²) in [6.45, 7) is 4.03. The van der Waals surface area contributed by atoms with Gasteiger partial charge in [0.05, 0.1) is 13.2 Å². The number of thiophene rings is 1. The minimum absolute atomic E-state index is 0.176. The first kappa shape index (κ1) is 23.1. The molecule has 0 spiro atoms. The van der Waals surface area contributed by atoms with Gasteiger partial charge in [-0.3, -0.25) is 9.59 Å². The van der Waals surface area contributed by atoms with Crippen LogP contribution in [-0.4, -0.2) is 31.6 Å². The average molecular weight is 451 g/mol. The maximum Gasteiger partial charge on any atom is 0.268 e. The molecule has 0 bridgehead atoms. The van der Waals surface area contributed by atoms with Crippen LogP contribution in [0.5, 0.6) is 11.5 Å². The number of carbonyl (C=O) groups is 2. The van der Waals surface area contributed by atoms with Crippen LogP contribution < -0.4 is 20.1 Å². The number of hydrogen-bond acceptors (Lipinski definition) is 5. The highest BCUT2D eigenvalue weighted by Gasteiger charge is 2.17. The molecule has 0 radical (unpaired) electrons. The molecule has 1 aromatic heterocycles. The van der Waals surface area contributed by atoms with Gasteiger partial charge in [0.25, 0.3) is 11.8 Å². The minimum Gasteiger partial charge on any atom is -0.497 e. The van der Waals surface area contributed by atoms with Crippen LogP contribution in [0, 0.1) is 6.92 Å². The molecule has 2 aromatic carbocycles. The van der Waals surface area contributed by atoms with Crippen LogP contribution in [-0.2, 0) is 4.79 Å². The molecule has 7 heteroatoms. The molecule has 0 fully saturated rings. The number of methoxy groups -OCH3 is 1. The lowest BCUT2D eigenvalue weighted by molar-refractivity contribution is -0.118. The number of rotatable bonds is 9. The number of amides is 2. The first-order chi connectivity index (χ1) is 15.4. The highest BCUT2D eigenvalue weighted by atomic mass is 32.1. The predicted molar refractivity (Wildman–Crippen MR) is 127 cm³/mol. The van der Waals surface area contributed by atoms with E-state index in [0.717, 1.165) is 16.2 Å². The van der Waals surface area contributed by atoms with Crippen molar-refractivity contribution in [2.45, 2.75) is 19.9 Å². The summed E-state index contributed by atoms with van der Waals surface area (Å²) in [6.07, 6.45) is 1.67. The second-order valence-corrected chi connectivity index (χ2v) is 8.24. The Morgan fingerprint density at radius 1 is 1.06 bits per heavy atom. The summed E-state index contributed by atoms with van der Waals surface area (Å²) in [7, 11) is 1.60. The molecule has 3 aromatic rings. The van der Waals surface area contributed by atoms with Crippen molar-refractivity contribution in [1.29, 1.82) is 0 Å². The molecule has 3 rings (SSSR count). The Balaban J connectivity index is 1.65. The monoisotopic (exact) mass is 450 g/mol. The smallest absolute Gasteiger partial charge is 0.268 e. The third-order valence-electron chi connectivity index (χ3n) is 4.54. The molecule has 1 atom stereocenters. The fourth-order valence-corrected chi connectivity index (χ4v) is 3.55. The van der Waals surface area contributed by atoms with Crippen LogP contribution in [0.1, 0.15) is 27.7 Å². The van der Waals surface area contributed by atoms with Gasteiger partial charge in [0.15, 0.2) is 0 Å². The van der Waals surface area contributed by atoms with E-state index in [1.165, 1.54) is 11.3 Å². The van der Waals surface area contributed by atoms with Crippen molar-refractivity contribution in [1.82, 2.24) is 10.6 Å². The molecule has 2 amide bonds. The van der Waals surface area contributed by atoms with Gasteiger partial charge in [-0.15, -0.1) is 11.3 Å². The van der Waals surface area contributed by atoms with Crippen LogP contribution in [0.25, 0.3) is 6.08 Å². The molecule has 32 heavy (non-hydrogen) atoms. The number of aryl methyl sites for hydroxylation is 1. The molecule has 0 aliphatic heterocycles. The van der Waals surface area contributed by atoms with E-state index in [-0.39, 0.29) is 30.2 Å². The van der Waals surface area contributed by atoms with Crippen LogP contribution in [0.4, 0.5) is 0 Å². The molecule has 1 unspecified atom stereocenters. The first-order valence-corrected chi connectivity index (χ1v) is 11.0. The standard InChI is InChI=1S/C25H26N2O4S/c1-17-6-4-7-19(14-17)24(28)27-23(15-22-8-5-13-32-22)25(29)26-18(2)16-31-21-11-9-20(30-3)10-12-21/h4-15,18H,16H2,1-3H3,(H,26,29)(H,27,28)/b23-15-. The average Bonchev–Trinajstić information content (AvgIpc) is 3.30. The molecular formula is C25H26N2O4S. The van der Waals surface area contributed by atoms with Gasteiger partial charge in [-0.1, -0.05) is 23.8 Å². The predicted octanol–water partition coefficient (Wildman–Crippen LogP) is 4.42. The third-order valence-corrected chi connectivity index (χ3v) is 5.36. The number of ether oxygens (including phenoxy) is 2. The van der Waals surface area contributed by atoms with Gasteiger partial charge in [0, 0.05) is 10.4 Å². The normalized spacial score (nSPS) is 12.0. The summed E-state index contributed by atoms with van der Waals surface area (Å²) in [4.78, 5) is 26.5. The van der Waals surface area contributed by atoms with Gasteiger partial charge in [-0.2, -0.15) is 0 Å². The Morgan fingerprint density at radius 2 is 1.81 bits per heavy atom. The second kappa shape index (κ2) is 11.2. The molecule has 2 N–H and O–H groups in total. The van der Waals surface area contributed by atoms with E-state index in [4.69, 9.17) is 9.47 Å². The molecule has 166 valence electrons. The van der Waals surface area contributed by atoms with Gasteiger partial charge in [-0.25, -0.2) is 0 Å². The van der Waals surface area contributed by atoms with E-state index >= 15 is 0 Å². The third kappa shape index (κ3) is 6.72. The fraction of sp³-hybridized carbons (Fsp3) is 0.200. The largest absolute Gasteiger partial charge is 0.497 e. The summed E-state index contributed by atoms with van der Waals surface area (Å²) in [6, 6.07) is 17.9. The van der Waals surface area contributed by atoms with E-state index in [2.05, 4.69) is 10.6 Å². The van der Waals surface area contributed by atoms with Gasteiger partial charge in [0.1, 0.15) is 23.8 Å². The summed E-state index contributed by atoms with van der Waals surface area (Å²) in [5.74, 6) is 0.694. The molecule has 6 nitrogen and oxygen atoms in total. The number of nitrogens with one attached hydrogen (secondary N) is 2. The maximum absolute atomic E-state index is 12.9. The number of benzene rings is 2. The lowest BCUT2D eigenvalue weighted by Crippen LogP contribution is -2.41. The first-order valence-electron chi connectivity index (χ1n) is 10.2. The van der Waals surface area contributed by atoms with Gasteiger partial charge >= 0.3 is 0 Å². The second-order valence-electron chi connectivity index (χ2n) is 7.26. The zero-order valence-corrected chi connectivity index (χ0v) is 19.1. The van der Waals surface area contributed by atoms with Crippen LogP contribution in [0.15, 0.2) is 71.7 Å². The molecule has 0 aliphatic rings. The highest BCUT2D eigenvalue weighted by Crippen LogP contribution is 2.17. The minimum atomic E-state index is -0.384. The van der Waals surface area contributed by atoms with Crippen LogP contribution in [0.3, 0.4) is 0 Å². The molecule has 0 aliphatic carbocycles. The van der Waals surface area contributed by atoms with Crippen molar-refractivity contribution in [2.24, 2.45) is 0 Å². The van der Waals surface area contributed by atoms with Crippen LogP contribution in [0.2, 0.25) is 0 Å². The Labute approximate surface area is 191 Å². The highest BCUT2D eigenvalue weighted by molar-refractivity contribution is 7.10.